The van der Waals surface area contributed by atoms with E-state index < -0.39 is 17.9 Å². The monoisotopic (exact) mass is 330 g/mol. The quantitative estimate of drug-likeness (QED) is 0.669. The maximum absolute atomic E-state index is 11.8. The van der Waals surface area contributed by atoms with Gasteiger partial charge in [-0.15, -0.1) is 5.10 Å². The summed E-state index contributed by atoms with van der Waals surface area (Å²) in [6, 6.07) is 6.82. The minimum atomic E-state index is -0.793. The lowest BCUT2D eigenvalue weighted by atomic mass is 10.2. The van der Waals surface area contributed by atoms with Crippen LogP contribution in [-0.2, 0) is 9.59 Å². The summed E-state index contributed by atoms with van der Waals surface area (Å²) in [4.78, 5) is 23.4. The van der Waals surface area contributed by atoms with E-state index in [1.54, 1.807) is 35.9 Å². The summed E-state index contributed by atoms with van der Waals surface area (Å²) < 4.78 is 1.80. The standard InChI is InChI=1S/C15H18N6O3/c1-9(8-22)16-14(23)15(24)17-11-4-2-10(3-5-11)13-18-19-20-21(13)12-6-7-12/h2-5,9,12,22H,6-8H2,1H3,(H,16,23)(H,17,24). The fraction of sp³-hybridized carbons (Fsp3) is 0.400. The Balaban J connectivity index is 1.65. The van der Waals surface area contributed by atoms with Gasteiger partial charge in [-0.2, -0.15) is 0 Å². The molecule has 1 aliphatic rings. The summed E-state index contributed by atoms with van der Waals surface area (Å²) in [6.07, 6.45) is 2.15. The number of carbonyl (C=O) groups is 2. The maximum Gasteiger partial charge on any atom is 0.313 e. The lowest BCUT2D eigenvalue weighted by Crippen LogP contribution is -2.42. The first-order valence-electron chi connectivity index (χ1n) is 7.69. The van der Waals surface area contributed by atoms with Gasteiger partial charge in [0, 0.05) is 17.3 Å². The minimum absolute atomic E-state index is 0.233. The molecule has 9 nitrogen and oxygen atoms in total. The molecule has 2 amide bonds. The smallest absolute Gasteiger partial charge is 0.313 e. The molecule has 126 valence electrons. The zero-order chi connectivity index (χ0) is 17.1. The number of amides is 2. The van der Waals surface area contributed by atoms with Crippen LogP contribution in [0.4, 0.5) is 5.69 Å². The number of nitrogens with zero attached hydrogens (tertiary/aromatic N) is 4. The molecule has 24 heavy (non-hydrogen) atoms. The molecule has 1 atom stereocenters. The molecule has 0 aliphatic heterocycles. The molecule has 1 unspecified atom stereocenters. The van der Waals surface area contributed by atoms with Gasteiger partial charge in [-0.05, 0) is 54.5 Å². The summed E-state index contributed by atoms with van der Waals surface area (Å²) in [6.45, 7) is 1.37. The Hall–Kier alpha value is -2.81. The molecule has 3 rings (SSSR count). The average Bonchev–Trinajstić information content (AvgIpc) is 3.32. The molecular formula is C15H18N6O3. The topological polar surface area (TPSA) is 122 Å². The number of aliphatic hydroxyl groups is 1. The van der Waals surface area contributed by atoms with Gasteiger partial charge in [0.1, 0.15) is 0 Å². The number of nitrogens with one attached hydrogen (secondary N) is 2. The lowest BCUT2D eigenvalue weighted by molar-refractivity contribution is -0.136. The number of hydrogen-bond acceptors (Lipinski definition) is 6. The van der Waals surface area contributed by atoms with Crippen LogP contribution in [0.15, 0.2) is 24.3 Å². The van der Waals surface area contributed by atoms with Crippen LogP contribution >= 0.6 is 0 Å². The fourth-order valence-electron chi connectivity index (χ4n) is 2.17. The van der Waals surface area contributed by atoms with Crippen LogP contribution < -0.4 is 10.6 Å². The van der Waals surface area contributed by atoms with Crippen molar-refractivity contribution < 1.29 is 14.7 Å². The predicted molar refractivity (Wildman–Crippen MR) is 84.8 cm³/mol. The highest BCUT2D eigenvalue weighted by atomic mass is 16.3. The third-order valence-electron chi connectivity index (χ3n) is 3.64. The van der Waals surface area contributed by atoms with E-state index in [1.807, 2.05) is 0 Å². The number of anilines is 1. The Bertz CT molecular complexity index is 738. The van der Waals surface area contributed by atoms with E-state index >= 15 is 0 Å². The van der Waals surface area contributed by atoms with Crippen molar-refractivity contribution in [3.05, 3.63) is 24.3 Å². The maximum atomic E-state index is 11.8. The van der Waals surface area contributed by atoms with Crippen molar-refractivity contribution in [2.24, 2.45) is 0 Å². The van der Waals surface area contributed by atoms with Gasteiger partial charge in [0.2, 0.25) is 0 Å². The predicted octanol–water partition coefficient (Wildman–Crippen LogP) is 0.110. The van der Waals surface area contributed by atoms with E-state index in [1.165, 1.54) is 0 Å². The van der Waals surface area contributed by atoms with Crippen LogP contribution in [0.3, 0.4) is 0 Å². The summed E-state index contributed by atoms with van der Waals surface area (Å²) in [7, 11) is 0. The van der Waals surface area contributed by atoms with Crippen LogP contribution in [0.5, 0.6) is 0 Å². The average molecular weight is 330 g/mol. The molecule has 0 saturated heterocycles. The molecule has 2 aromatic rings. The van der Waals surface area contributed by atoms with E-state index in [0.29, 0.717) is 17.6 Å². The number of tetrazole rings is 1. The second-order valence-corrected chi connectivity index (χ2v) is 5.77. The van der Waals surface area contributed by atoms with Gasteiger partial charge < -0.3 is 15.7 Å². The zero-order valence-electron chi connectivity index (χ0n) is 13.1. The Morgan fingerprint density at radius 3 is 2.62 bits per heavy atom. The van der Waals surface area contributed by atoms with E-state index in [2.05, 4.69) is 26.2 Å². The first kappa shape index (κ1) is 16.1. The molecule has 1 aliphatic carbocycles. The minimum Gasteiger partial charge on any atom is -0.394 e. The number of rotatable bonds is 5. The van der Waals surface area contributed by atoms with Gasteiger partial charge >= 0.3 is 11.8 Å². The lowest BCUT2D eigenvalue weighted by Gasteiger charge is -2.11. The fourth-order valence-corrected chi connectivity index (χ4v) is 2.17. The molecule has 1 aromatic carbocycles. The summed E-state index contributed by atoms with van der Waals surface area (Å²) >= 11 is 0. The number of carbonyl (C=O) groups excluding carboxylic acids is 2. The van der Waals surface area contributed by atoms with Crippen LogP contribution in [-0.4, -0.2) is 49.8 Å². The summed E-state index contributed by atoms with van der Waals surface area (Å²) in [5.41, 5.74) is 1.32. The highest BCUT2D eigenvalue weighted by Crippen LogP contribution is 2.36. The number of aliphatic hydroxyl groups excluding tert-OH is 1. The van der Waals surface area contributed by atoms with E-state index in [9.17, 15) is 9.59 Å². The van der Waals surface area contributed by atoms with E-state index in [4.69, 9.17) is 5.11 Å². The van der Waals surface area contributed by atoms with E-state index in [-0.39, 0.29) is 6.61 Å². The molecule has 0 bridgehead atoms. The molecular weight excluding hydrogens is 312 g/mol. The van der Waals surface area contributed by atoms with Crippen LogP contribution in [0, 0.1) is 0 Å². The van der Waals surface area contributed by atoms with Gasteiger partial charge in [-0.25, -0.2) is 4.68 Å². The number of aromatic nitrogens is 4. The molecule has 0 spiro atoms. The van der Waals surface area contributed by atoms with Crippen molar-refractivity contribution in [3.8, 4) is 11.4 Å². The SMILES string of the molecule is CC(CO)NC(=O)C(=O)Nc1ccc(-c2nnnn2C2CC2)cc1. The third-order valence-corrected chi connectivity index (χ3v) is 3.64. The van der Waals surface area contributed by atoms with Crippen molar-refractivity contribution in [2.45, 2.75) is 31.8 Å². The van der Waals surface area contributed by atoms with Crippen LogP contribution in [0.1, 0.15) is 25.8 Å². The van der Waals surface area contributed by atoms with Gasteiger partial charge in [0.25, 0.3) is 0 Å². The molecule has 3 N–H and O–H groups in total. The summed E-state index contributed by atoms with van der Waals surface area (Å²) in [5, 5.41) is 25.5. The molecule has 0 radical (unpaired) electrons. The molecule has 1 aromatic heterocycles. The second-order valence-electron chi connectivity index (χ2n) is 5.77. The van der Waals surface area contributed by atoms with E-state index in [0.717, 1.165) is 18.4 Å². The highest BCUT2D eigenvalue weighted by molar-refractivity contribution is 6.39. The molecule has 1 fully saturated rings. The van der Waals surface area contributed by atoms with Gasteiger partial charge in [0.15, 0.2) is 5.82 Å². The van der Waals surface area contributed by atoms with Gasteiger partial charge in [0.05, 0.1) is 12.6 Å². The first-order chi connectivity index (χ1) is 11.6. The van der Waals surface area contributed by atoms with Gasteiger partial charge in [-0.3, -0.25) is 9.59 Å². The van der Waals surface area contributed by atoms with Crippen molar-refractivity contribution in [3.63, 3.8) is 0 Å². The van der Waals surface area contributed by atoms with Crippen molar-refractivity contribution in [1.82, 2.24) is 25.5 Å². The normalized spacial score (nSPS) is 14.9. The third kappa shape index (κ3) is 3.57. The number of hydrogen-bond donors (Lipinski definition) is 3. The number of benzene rings is 1. The molecule has 9 heteroatoms. The Morgan fingerprint density at radius 1 is 1.29 bits per heavy atom. The zero-order valence-corrected chi connectivity index (χ0v) is 13.1. The Kier molecular flexibility index (Phi) is 4.52. The van der Waals surface area contributed by atoms with Crippen molar-refractivity contribution >= 4 is 17.5 Å². The Morgan fingerprint density at radius 2 is 2.00 bits per heavy atom. The first-order valence-corrected chi connectivity index (χ1v) is 7.69. The largest absolute Gasteiger partial charge is 0.394 e. The van der Waals surface area contributed by atoms with Crippen molar-refractivity contribution in [1.29, 1.82) is 0 Å². The molecule has 1 saturated carbocycles. The van der Waals surface area contributed by atoms with Crippen LogP contribution in [0.2, 0.25) is 0 Å². The van der Waals surface area contributed by atoms with Gasteiger partial charge in [-0.1, -0.05) is 0 Å². The summed E-state index contributed by atoms with van der Waals surface area (Å²) in [5.74, 6) is -0.894. The Labute approximate surface area is 138 Å². The van der Waals surface area contributed by atoms with Crippen molar-refractivity contribution in [2.75, 3.05) is 11.9 Å². The van der Waals surface area contributed by atoms with Crippen LogP contribution in [0.25, 0.3) is 11.4 Å². The second kappa shape index (κ2) is 6.75. The highest BCUT2D eigenvalue weighted by Gasteiger charge is 2.28. The molecule has 1 heterocycles.